The summed E-state index contributed by atoms with van der Waals surface area (Å²) in [5, 5.41) is 0. The Morgan fingerprint density at radius 2 is 2.04 bits per heavy atom. The van der Waals surface area contributed by atoms with Crippen molar-refractivity contribution in [2.45, 2.75) is 19.8 Å². The monoisotopic (exact) mass is 335 g/mol. The number of hydrogen-bond donors (Lipinski definition) is 0. The maximum absolute atomic E-state index is 12.6. The van der Waals surface area contributed by atoms with Gasteiger partial charge in [0.2, 0.25) is 5.91 Å². The van der Waals surface area contributed by atoms with Crippen molar-refractivity contribution in [1.29, 1.82) is 0 Å². The Morgan fingerprint density at radius 3 is 2.80 bits per heavy atom. The van der Waals surface area contributed by atoms with E-state index in [1.54, 1.807) is 18.3 Å². The molecule has 0 aliphatic carbocycles. The van der Waals surface area contributed by atoms with E-state index in [4.69, 9.17) is 0 Å². The Kier molecular flexibility index (Phi) is 3.79. The van der Waals surface area contributed by atoms with Crippen molar-refractivity contribution in [1.82, 2.24) is 9.88 Å². The van der Waals surface area contributed by atoms with Gasteiger partial charge in [0.1, 0.15) is 5.69 Å². The lowest BCUT2D eigenvalue weighted by Gasteiger charge is -2.24. The third-order valence-electron chi connectivity index (χ3n) is 5.24. The zero-order valence-corrected chi connectivity index (χ0v) is 14.3. The fourth-order valence-electron chi connectivity index (χ4n) is 3.96. The number of nitrogens with zero attached hydrogens (tertiary/aromatic N) is 3. The van der Waals surface area contributed by atoms with Crippen LogP contribution in [0.3, 0.4) is 0 Å². The Morgan fingerprint density at radius 1 is 1.16 bits per heavy atom. The molecule has 2 aromatic rings. The predicted molar refractivity (Wildman–Crippen MR) is 95.3 cm³/mol. The van der Waals surface area contributed by atoms with Crippen LogP contribution in [0.4, 0.5) is 5.69 Å². The average Bonchev–Trinajstić information content (AvgIpc) is 3.18. The van der Waals surface area contributed by atoms with E-state index in [0.717, 1.165) is 17.7 Å². The van der Waals surface area contributed by atoms with Crippen molar-refractivity contribution in [3.63, 3.8) is 0 Å². The highest BCUT2D eigenvalue weighted by atomic mass is 16.2. The largest absolute Gasteiger partial charge is 0.337 e. The van der Waals surface area contributed by atoms with Crippen molar-refractivity contribution in [2.75, 3.05) is 24.5 Å². The van der Waals surface area contributed by atoms with E-state index in [0.29, 0.717) is 31.7 Å². The van der Waals surface area contributed by atoms with Crippen LogP contribution in [0.15, 0.2) is 48.7 Å². The van der Waals surface area contributed by atoms with Crippen LogP contribution < -0.4 is 4.90 Å². The van der Waals surface area contributed by atoms with Gasteiger partial charge in [0.05, 0.1) is 0 Å². The summed E-state index contributed by atoms with van der Waals surface area (Å²) in [6.07, 6.45) is 3.00. The molecule has 2 saturated heterocycles. The van der Waals surface area contributed by atoms with Crippen molar-refractivity contribution >= 4 is 17.5 Å². The number of carbonyl (C=O) groups is 2. The van der Waals surface area contributed by atoms with Crippen LogP contribution in [-0.4, -0.2) is 41.3 Å². The van der Waals surface area contributed by atoms with Crippen molar-refractivity contribution in [2.24, 2.45) is 5.41 Å². The second kappa shape index (κ2) is 5.99. The molecule has 2 aliphatic heterocycles. The van der Waals surface area contributed by atoms with Gasteiger partial charge >= 0.3 is 0 Å². The molecule has 1 atom stereocenters. The summed E-state index contributed by atoms with van der Waals surface area (Å²) in [6, 6.07) is 13.4. The quantitative estimate of drug-likeness (QED) is 0.848. The number of amides is 2. The SMILES string of the molecule is Cc1cccc(N2C[C@@]3(CCN(C(=O)c4ccccn4)C3)CC2=O)c1. The molecule has 5 nitrogen and oxygen atoms in total. The molecular formula is C20H21N3O2. The number of aromatic nitrogens is 1. The van der Waals surface area contributed by atoms with E-state index in [1.807, 2.05) is 47.1 Å². The molecule has 1 aromatic carbocycles. The van der Waals surface area contributed by atoms with Crippen LogP contribution >= 0.6 is 0 Å². The molecule has 2 amide bonds. The molecular weight excluding hydrogens is 314 g/mol. The van der Waals surface area contributed by atoms with Crippen LogP contribution in [0.2, 0.25) is 0 Å². The smallest absolute Gasteiger partial charge is 0.272 e. The maximum Gasteiger partial charge on any atom is 0.272 e. The van der Waals surface area contributed by atoms with Gasteiger partial charge in [-0.25, -0.2) is 0 Å². The molecule has 1 aromatic heterocycles. The molecule has 4 rings (SSSR count). The molecule has 0 saturated carbocycles. The summed E-state index contributed by atoms with van der Waals surface area (Å²) < 4.78 is 0. The minimum Gasteiger partial charge on any atom is -0.337 e. The van der Waals surface area contributed by atoms with Gasteiger partial charge in [-0.15, -0.1) is 0 Å². The molecule has 0 bridgehead atoms. The number of anilines is 1. The number of benzene rings is 1. The van der Waals surface area contributed by atoms with Gasteiger partial charge in [0.15, 0.2) is 0 Å². The van der Waals surface area contributed by atoms with Gasteiger partial charge < -0.3 is 9.80 Å². The highest BCUT2D eigenvalue weighted by Crippen LogP contribution is 2.42. The third-order valence-corrected chi connectivity index (χ3v) is 5.24. The first-order valence-corrected chi connectivity index (χ1v) is 8.64. The number of hydrogen-bond acceptors (Lipinski definition) is 3. The van der Waals surface area contributed by atoms with Gasteiger partial charge in [-0.05, 0) is 43.2 Å². The predicted octanol–water partition coefficient (Wildman–Crippen LogP) is 2.66. The molecule has 2 fully saturated rings. The Bertz CT molecular complexity index is 821. The zero-order chi connectivity index (χ0) is 17.4. The topological polar surface area (TPSA) is 53.5 Å². The van der Waals surface area contributed by atoms with Gasteiger partial charge in [-0.2, -0.15) is 0 Å². The lowest BCUT2D eigenvalue weighted by Crippen LogP contribution is -2.34. The Labute approximate surface area is 147 Å². The van der Waals surface area contributed by atoms with E-state index in [2.05, 4.69) is 4.98 Å². The average molecular weight is 335 g/mol. The number of rotatable bonds is 2. The minimum atomic E-state index is -0.134. The molecule has 0 N–H and O–H groups in total. The van der Waals surface area contributed by atoms with Crippen LogP contribution in [-0.2, 0) is 4.79 Å². The standard InChI is InChI=1S/C20H21N3O2/c1-15-5-4-6-16(11-15)23-14-20(12-18(23)24)8-10-22(13-20)19(25)17-7-2-3-9-21-17/h2-7,9,11H,8,10,12-14H2,1H3/t20-/m0/s1. The first-order chi connectivity index (χ1) is 12.1. The first kappa shape index (κ1) is 15.8. The second-order valence-corrected chi connectivity index (χ2v) is 7.19. The van der Waals surface area contributed by atoms with Crippen molar-refractivity contribution in [3.8, 4) is 0 Å². The Hall–Kier alpha value is -2.69. The van der Waals surface area contributed by atoms with Crippen molar-refractivity contribution in [3.05, 3.63) is 59.9 Å². The van der Waals surface area contributed by atoms with Gasteiger partial charge in [0, 0.05) is 43.4 Å². The van der Waals surface area contributed by atoms with E-state index in [9.17, 15) is 9.59 Å². The summed E-state index contributed by atoms with van der Waals surface area (Å²) in [6.45, 7) is 4.02. The fraction of sp³-hybridized carbons (Fsp3) is 0.350. The van der Waals surface area contributed by atoms with Crippen LogP contribution in [0.1, 0.15) is 28.9 Å². The maximum atomic E-state index is 12.6. The first-order valence-electron chi connectivity index (χ1n) is 8.64. The van der Waals surface area contributed by atoms with E-state index >= 15 is 0 Å². The lowest BCUT2D eigenvalue weighted by atomic mass is 9.86. The van der Waals surface area contributed by atoms with Gasteiger partial charge in [-0.1, -0.05) is 18.2 Å². The van der Waals surface area contributed by atoms with E-state index in [-0.39, 0.29) is 17.2 Å². The van der Waals surface area contributed by atoms with E-state index < -0.39 is 0 Å². The summed E-state index contributed by atoms with van der Waals surface area (Å²) >= 11 is 0. The number of pyridine rings is 1. The number of likely N-dealkylation sites (tertiary alicyclic amines) is 1. The molecule has 3 heterocycles. The highest BCUT2D eigenvalue weighted by Gasteiger charge is 2.48. The summed E-state index contributed by atoms with van der Waals surface area (Å²) in [7, 11) is 0. The normalized spacial score (nSPS) is 22.8. The minimum absolute atomic E-state index is 0.0427. The van der Waals surface area contributed by atoms with E-state index in [1.165, 1.54) is 0 Å². The van der Waals surface area contributed by atoms with Crippen LogP contribution in [0.25, 0.3) is 0 Å². The zero-order valence-electron chi connectivity index (χ0n) is 14.3. The third kappa shape index (κ3) is 2.90. The molecule has 128 valence electrons. The number of carbonyl (C=O) groups excluding carboxylic acids is 2. The van der Waals surface area contributed by atoms with Gasteiger partial charge in [0.25, 0.3) is 5.91 Å². The second-order valence-electron chi connectivity index (χ2n) is 7.19. The molecule has 25 heavy (non-hydrogen) atoms. The van der Waals surface area contributed by atoms with Crippen molar-refractivity contribution < 1.29 is 9.59 Å². The fourth-order valence-corrected chi connectivity index (χ4v) is 3.96. The lowest BCUT2D eigenvalue weighted by molar-refractivity contribution is -0.117. The summed E-state index contributed by atoms with van der Waals surface area (Å²) in [5.74, 6) is 0.108. The molecule has 5 heteroatoms. The summed E-state index contributed by atoms with van der Waals surface area (Å²) in [5.41, 5.74) is 2.44. The van der Waals surface area contributed by atoms with Crippen LogP contribution in [0, 0.1) is 12.3 Å². The van der Waals surface area contributed by atoms with Gasteiger partial charge in [-0.3, -0.25) is 14.6 Å². The highest BCUT2D eigenvalue weighted by molar-refractivity contribution is 5.97. The molecule has 2 aliphatic rings. The summed E-state index contributed by atoms with van der Waals surface area (Å²) in [4.78, 5) is 33.1. The molecule has 0 radical (unpaired) electrons. The Balaban J connectivity index is 1.51. The molecule has 0 unspecified atom stereocenters. The molecule has 1 spiro atoms. The number of aryl methyl sites for hydroxylation is 1. The van der Waals surface area contributed by atoms with Crippen LogP contribution in [0.5, 0.6) is 0 Å².